The fraction of sp³-hybridized carbons (Fsp3) is 0.857. The van der Waals surface area contributed by atoms with Gasteiger partial charge in [-0.05, 0) is 24.8 Å². The van der Waals surface area contributed by atoms with Crippen molar-refractivity contribution in [1.29, 1.82) is 0 Å². The zero-order valence-corrected chi connectivity index (χ0v) is 11.8. The summed E-state index contributed by atoms with van der Waals surface area (Å²) in [5, 5.41) is 18.8. The van der Waals surface area contributed by atoms with Crippen molar-refractivity contribution in [1.82, 2.24) is 4.90 Å². The van der Waals surface area contributed by atoms with Gasteiger partial charge in [0.2, 0.25) is 5.91 Å². The van der Waals surface area contributed by atoms with E-state index < -0.39 is 18.1 Å². The number of aliphatic hydroxyl groups is 1. The number of hydrogen-bond donors (Lipinski definition) is 3. The van der Waals surface area contributed by atoms with Crippen molar-refractivity contribution >= 4 is 11.9 Å². The van der Waals surface area contributed by atoms with E-state index >= 15 is 0 Å². The predicted octanol–water partition coefficient (Wildman–Crippen LogP) is 0.332. The third kappa shape index (κ3) is 3.12. The highest BCUT2D eigenvalue weighted by molar-refractivity contribution is 5.84. The van der Waals surface area contributed by atoms with E-state index in [0.717, 1.165) is 25.7 Å². The van der Waals surface area contributed by atoms with Gasteiger partial charge in [-0.3, -0.25) is 4.79 Å². The number of nitrogens with zero attached hydrogens (tertiary/aromatic N) is 1. The van der Waals surface area contributed by atoms with E-state index in [1.54, 1.807) is 0 Å². The van der Waals surface area contributed by atoms with Crippen molar-refractivity contribution in [3.05, 3.63) is 0 Å². The number of aliphatic hydroxyl groups excluding tert-OH is 1. The van der Waals surface area contributed by atoms with Gasteiger partial charge in [-0.25, -0.2) is 4.79 Å². The van der Waals surface area contributed by atoms with Gasteiger partial charge in [0.1, 0.15) is 6.04 Å². The zero-order valence-electron chi connectivity index (χ0n) is 11.8. The minimum Gasteiger partial charge on any atom is -0.480 e. The van der Waals surface area contributed by atoms with Crippen molar-refractivity contribution < 1.29 is 19.8 Å². The maximum atomic E-state index is 12.4. The number of carbonyl (C=O) groups excluding carboxylic acids is 1. The van der Waals surface area contributed by atoms with Crippen LogP contribution in [0.1, 0.15) is 44.9 Å². The number of carbonyl (C=O) groups is 2. The molecule has 0 aromatic rings. The van der Waals surface area contributed by atoms with Gasteiger partial charge in [0.05, 0.1) is 6.10 Å². The first-order valence-electron chi connectivity index (χ1n) is 7.38. The fourth-order valence-corrected chi connectivity index (χ4v) is 3.50. The second-order valence-electron chi connectivity index (χ2n) is 6.23. The lowest BCUT2D eigenvalue weighted by Gasteiger charge is -2.37. The van der Waals surface area contributed by atoms with Crippen LogP contribution in [0.15, 0.2) is 0 Å². The van der Waals surface area contributed by atoms with E-state index in [1.807, 2.05) is 0 Å². The largest absolute Gasteiger partial charge is 0.480 e. The Morgan fingerprint density at radius 1 is 1.25 bits per heavy atom. The summed E-state index contributed by atoms with van der Waals surface area (Å²) in [7, 11) is 0. The summed E-state index contributed by atoms with van der Waals surface area (Å²) in [6.45, 7) is 0.587. The molecule has 20 heavy (non-hydrogen) atoms. The van der Waals surface area contributed by atoms with Crippen molar-refractivity contribution in [3.8, 4) is 0 Å². The van der Waals surface area contributed by atoms with Crippen LogP contribution in [0.25, 0.3) is 0 Å². The van der Waals surface area contributed by atoms with Crippen LogP contribution in [0.4, 0.5) is 0 Å². The first-order valence-corrected chi connectivity index (χ1v) is 7.38. The monoisotopic (exact) mass is 284 g/mol. The molecule has 0 radical (unpaired) electrons. The van der Waals surface area contributed by atoms with Crippen LogP contribution in [0.5, 0.6) is 0 Å². The van der Waals surface area contributed by atoms with Gasteiger partial charge in [0.15, 0.2) is 0 Å². The second-order valence-corrected chi connectivity index (χ2v) is 6.23. The first kappa shape index (κ1) is 15.3. The number of carboxylic acids is 1. The Kier molecular flexibility index (Phi) is 4.65. The summed E-state index contributed by atoms with van der Waals surface area (Å²) < 4.78 is 0. The summed E-state index contributed by atoms with van der Waals surface area (Å²) in [6.07, 6.45) is 4.89. The van der Waals surface area contributed by atoms with Crippen LogP contribution in [0.3, 0.4) is 0 Å². The average Bonchev–Trinajstić information content (AvgIpc) is 2.82. The number of β-amino-alcohol motifs (C(OH)–C–C–N with tert-alkyl or cyclic N) is 1. The van der Waals surface area contributed by atoms with E-state index in [9.17, 15) is 14.7 Å². The van der Waals surface area contributed by atoms with Crippen LogP contribution >= 0.6 is 0 Å². The molecule has 1 unspecified atom stereocenters. The number of hydrogen-bond acceptors (Lipinski definition) is 4. The van der Waals surface area contributed by atoms with Gasteiger partial charge in [0, 0.05) is 19.4 Å². The Hall–Kier alpha value is -1.14. The van der Waals surface area contributed by atoms with Crippen LogP contribution in [0.2, 0.25) is 0 Å². The minimum atomic E-state index is -1.04. The van der Waals surface area contributed by atoms with Crippen LogP contribution in [-0.4, -0.2) is 52.2 Å². The third-order valence-electron chi connectivity index (χ3n) is 4.76. The molecular formula is C14H24N2O4. The third-order valence-corrected chi connectivity index (χ3v) is 4.76. The lowest BCUT2D eigenvalue weighted by molar-refractivity contribution is -0.149. The van der Waals surface area contributed by atoms with E-state index in [2.05, 4.69) is 0 Å². The number of likely N-dealkylation sites (tertiary alicyclic amines) is 1. The highest BCUT2D eigenvalue weighted by Crippen LogP contribution is 2.39. The normalized spacial score (nSPS) is 29.4. The lowest BCUT2D eigenvalue weighted by atomic mass is 9.71. The van der Waals surface area contributed by atoms with Crippen LogP contribution in [-0.2, 0) is 9.59 Å². The number of nitrogens with two attached hydrogens (primary N) is 1. The molecule has 4 N–H and O–H groups in total. The molecule has 2 aliphatic rings. The minimum absolute atomic E-state index is 0.121. The summed E-state index contributed by atoms with van der Waals surface area (Å²) in [5.74, 6) is -1.22. The molecule has 0 bridgehead atoms. The Labute approximate surface area is 118 Å². The SMILES string of the molecule is NCC1(CC(=O)N2CC(O)C[C@H]2C(=O)O)CCCCC1. The van der Waals surface area contributed by atoms with Gasteiger partial charge in [-0.1, -0.05) is 19.3 Å². The highest BCUT2D eigenvalue weighted by atomic mass is 16.4. The molecule has 1 aliphatic heterocycles. The second kappa shape index (κ2) is 6.10. The summed E-state index contributed by atoms with van der Waals surface area (Å²) in [6, 6.07) is -0.893. The molecule has 1 saturated carbocycles. The molecule has 6 nitrogen and oxygen atoms in total. The Balaban J connectivity index is 2.04. The highest BCUT2D eigenvalue weighted by Gasteiger charge is 2.42. The van der Waals surface area contributed by atoms with E-state index in [1.165, 1.54) is 11.3 Å². The van der Waals surface area contributed by atoms with Gasteiger partial charge < -0.3 is 20.8 Å². The topological polar surface area (TPSA) is 104 Å². The van der Waals surface area contributed by atoms with Crippen LogP contribution < -0.4 is 5.73 Å². The van der Waals surface area contributed by atoms with Gasteiger partial charge in [0.25, 0.3) is 0 Å². The van der Waals surface area contributed by atoms with E-state index in [0.29, 0.717) is 13.0 Å². The molecular weight excluding hydrogens is 260 g/mol. The zero-order chi connectivity index (χ0) is 14.8. The number of aliphatic carboxylic acids is 1. The van der Waals surface area contributed by atoms with Gasteiger partial charge in [-0.2, -0.15) is 0 Å². The standard InChI is InChI=1S/C14H24N2O4/c15-9-14(4-2-1-3-5-14)7-12(18)16-8-10(17)6-11(16)13(19)20/h10-11,17H,1-9,15H2,(H,19,20)/t10?,11-/m0/s1. The number of rotatable bonds is 4. The number of amides is 1. The summed E-state index contributed by atoms with van der Waals surface area (Å²) in [4.78, 5) is 24.9. The molecule has 6 heteroatoms. The van der Waals surface area contributed by atoms with Crippen molar-refractivity contribution in [2.45, 2.75) is 57.1 Å². The quantitative estimate of drug-likeness (QED) is 0.690. The maximum Gasteiger partial charge on any atom is 0.326 e. The van der Waals surface area contributed by atoms with Gasteiger partial charge in [-0.15, -0.1) is 0 Å². The van der Waals surface area contributed by atoms with E-state index in [4.69, 9.17) is 10.8 Å². The summed E-state index contributed by atoms with van der Waals surface area (Å²) >= 11 is 0. The molecule has 0 aromatic heterocycles. The van der Waals surface area contributed by atoms with Crippen molar-refractivity contribution in [3.63, 3.8) is 0 Å². The predicted molar refractivity (Wildman–Crippen MR) is 73.0 cm³/mol. The average molecular weight is 284 g/mol. The Morgan fingerprint density at radius 3 is 2.45 bits per heavy atom. The fourth-order valence-electron chi connectivity index (χ4n) is 3.50. The maximum absolute atomic E-state index is 12.4. The summed E-state index contributed by atoms with van der Waals surface area (Å²) in [5.41, 5.74) is 5.70. The van der Waals surface area contributed by atoms with Crippen LogP contribution in [0, 0.1) is 5.41 Å². The van der Waals surface area contributed by atoms with Gasteiger partial charge >= 0.3 is 5.97 Å². The molecule has 1 heterocycles. The molecule has 0 aromatic carbocycles. The molecule has 2 fully saturated rings. The number of carboxylic acid groups (broad SMARTS) is 1. The van der Waals surface area contributed by atoms with E-state index in [-0.39, 0.29) is 24.3 Å². The van der Waals surface area contributed by atoms with Crippen molar-refractivity contribution in [2.75, 3.05) is 13.1 Å². The van der Waals surface area contributed by atoms with Crippen molar-refractivity contribution in [2.24, 2.45) is 11.1 Å². The molecule has 0 spiro atoms. The smallest absolute Gasteiger partial charge is 0.326 e. The molecule has 114 valence electrons. The first-order chi connectivity index (χ1) is 9.47. The molecule has 1 saturated heterocycles. The molecule has 2 atom stereocenters. The molecule has 2 rings (SSSR count). The molecule has 1 aliphatic carbocycles. The lowest BCUT2D eigenvalue weighted by Crippen LogP contribution is -2.45. The molecule has 1 amide bonds. The Morgan fingerprint density at radius 2 is 1.90 bits per heavy atom. The Bertz CT molecular complexity index is 379.